The van der Waals surface area contributed by atoms with E-state index in [2.05, 4.69) is 12.2 Å². The molecule has 0 N–H and O–H groups in total. The average molecular weight is 219 g/mol. The molecule has 1 heterocycles. The number of hydrogen-bond acceptors (Lipinski definition) is 2. The summed E-state index contributed by atoms with van der Waals surface area (Å²) < 4.78 is 0. The maximum absolute atomic E-state index is 12.3. The summed E-state index contributed by atoms with van der Waals surface area (Å²) in [6.45, 7) is 5.79. The van der Waals surface area contributed by atoms with Crippen LogP contribution >= 0.6 is 0 Å². The van der Waals surface area contributed by atoms with Crippen molar-refractivity contribution in [1.29, 1.82) is 0 Å². The van der Waals surface area contributed by atoms with E-state index in [-0.39, 0.29) is 29.2 Å². The molecule has 1 aliphatic heterocycles. The zero-order valence-corrected chi connectivity index (χ0v) is 9.93. The van der Waals surface area contributed by atoms with Crippen LogP contribution in [0.4, 0.5) is 0 Å². The van der Waals surface area contributed by atoms with Crippen LogP contribution in [-0.4, -0.2) is 22.3 Å². The van der Waals surface area contributed by atoms with Gasteiger partial charge in [0.1, 0.15) is 0 Å². The van der Waals surface area contributed by atoms with Crippen molar-refractivity contribution in [3.63, 3.8) is 0 Å². The van der Waals surface area contributed by atoms with E-state index in [0.29, 0.717) is 11.8 Å². The van der Waals surface area contributed by atoms with E-state index in [1.807, 2.05) is 20.8 Å². The molecule has 3 rings (SSSR count). The van der Waals surface area contributed by atoms with Gasteiger partial charge in [0.05, 0.1) is 11.8 Å². The highest BCUT2D eigenvalue weighted by Gasteiger charge is 2.60. The molecule has 0 aromatic carbocycles. The van der Waals surface area contributed by atoms with E-state index < -0.39 is 0 Å². The Hall–Kier alpha value is -1.12. The molecule has 2 amide bonds. The second kappa shape index (κ2) is 2.76. The highest BCUT2D eigenvalue weighted by atomic mass is 16.2. The van der Waals surface area contributed by atoms with Crippen molar-refractivity contribution in [3.05, 3.63) is 12.2 Å². The Bertz CT molecular complexity index is 375. The summed E-state index contributed by atoms with van der Waals surface area (Å²) in [7, 11) is 0. The molecule has 2 fully saturated rings. The van der Waals surface area contributed by atoms with E-state index in [1.165, 1.54) is 4.90 Å². The monoisotopic (exact) mass is 219 g/mol. The van der Waals surface area contributed by atoms with E-state index in [1.54, 1.807) is 0 Å². The molecule has 0 aromatic rings. The summed E-state index contributed by atoms with van der Waals surface area (Å²) >= 11 is 0. The van der Waals surface area contributed by atoms with Crippen molar-refractivity contribution in [3.8, 4) is 0 Å². The normalized spacial score (nSPS) is 41.1. The van der Waals surface area contributed by atoms with Gasteiger partial charge in [0, 0.05) is 5.54 Å². The summed E-state index contributed by atoms with van der Waals surface area (Å²) in [4.78, 5) is 26.1. The van der Waals surface area contributed by atoms with Crippen LogP contribution in [0.1, 0.15) is 27.2 Å². The fourth-order valence-electron chi connectivity index (χ4n) is 3.56. The second-order valence-corrected chi connectivity index (χ2v) is 6.18. The van der Waals surface area contributed by atoms with Crippen molar-refractivity contribution in [2.24, 2.45) is 23.7 Å². The van der Waals surface area contributed by atoms with Crippen molar-refractivity contribution in [2.45, 2.75) is 32.7 Å². The molecule has 4 atom stereocenters. The molecule has 3 heteroatoms. The minimum absolute atomic E-state index is 0.0540. The second-order valence-electron chi connectivity index (χ2n) is 6.18. The minimum atomic E-state index is -0.377. The maximum Gasteiger partial charge on any atom is 0.234 e. The molecule has 3 nitrogen and oxygen atoms in total. The summed E-state index contributed by atoms with van der Waals surface area (Å²) in [6, 6.07) is 0. The van der Waals surface area contributed by atoms with E-state index in [4.69, 9.17) is 0 Å². The molecular weight excluding hydrogens is 202 g/mol. The highest BCUT2D eigenvalue weighted by Crippen LogP contribution is 2.53. The van der Waals surface area contributed by atoms with Crippen LogP contribution in [0.2, 0.25) is 0 Å². The molecule has 1 saturated carbocycles. The van der Waals surface area contributed by atoms with Crippen LogP contribution in [-0.2, 0) is 9.59 Å². The largest absolute Gasteiger partial charge is 0.277 e. The Morgan fingerprint density at radius 2 is 1.50 bits per heavy atom. The SMILES string of the molecule is CC(C)(C)N1C(=O)[C@@H]2[C@H](C1=O)[C@H]1C=C[C@H]2C1. The number of fused-ring (bicyclic) bond motifs is 5. The molecule has 0 unspecified atom stereocenters. The Kier molecular flexibility index (Phi) is 1.74. The fraction of sp³-hybridized carbons (Fsp3) is 0.692. The summed E-state index contributed by atoms with van der Waals surface area (Å²) in [5.41, 5.74) is -0.377. The van der Waals surface area contributed by atoms with Gasteiger partial charge in [-0.25, -0.2) is 0 Å². The third-order valence-electron chi connectivity index (χ3n) is 4.14. The summed E-state index contributed by atoms with van der Waals surface area (Å²) in [5, 5.41) is 0. The van der Waals surface area contributed by atoms with Crippen LogP contribution in [0.25, 0.3) is 0 Å². The zero-order chi connectivity index (χ0) is 11.7. The predicted octanol–water partition coefficient (Wildman–Crippen LogP) is 1.59. The Morgan fingerprint density at radius 1 is 1.06 bits per heavy atom. The third kappa shape index (κ3) is 1.04. The first-order chi connectivity index (χ1) is 7.41. The first-order valence-electron chi connectivity index (χ1n) is 5.97. The van der Waals surface area contributed by atoms with Crippen LogP contribution < -0.4 is 0 Å². The summed E-state index contributed by atoms with van der Waals surface area (Å²) in [5.74, 6) is 0.639. The van der Waals surface area contributed by atoms with Gasteiger partial charge in [-0.3, -0.25) is 14.5 Å². The number of carbonyl (C=O) groups excluding carboxylic acids is 2. The van der Waals surface area contributed by atoms with Gasteiger partial charge in [-0.15, -0.1) is 0 Å². The average Bonchev–Trinajstić information content (AvgIpc) is 2.77. The molecule has 0 radical (unpaired) electrons. The standard InChI is InChI=1S/C13H17NO2/c1-13(2,3)14-11(15)9-7-4-5-8(6-7)10(9)12(14)16/h4-5,7-10H,6H2,1-3H3/t7-,8-,9-,10+/m0/s1. The number of rotatable bonds is 0. The molecule has 3 aliphatic rings. The lowest BCUT2D eigenvalue weighted by Gasteiger charge is -2.31. The van der Waals surface area contributed by atoms with E-state index >= 15 is 0 Å². The molecule has 0 spiro atoms. The van der Waals surface area contributed by atoms with Gasteiger partial charge in [-0.2, -0.15) is 0 Å². The van der Waals surface area contributed by atoms with Gasteiger partial charge in [-0.05, 0) is 39.0 Å². The Balaban J connectivity index is 2.01. The van der Waals surface area contributed by atoms with Crippen molar-refractivity contribution in [2.75, 3.05) is 0 Å². The van der Waals surface area contributed by atoms with Crippen molar-refractivity contribution >= 4 is 11.8 Å². The maximum atomic E-state index is 12.3. The van der Waals surface area contributed by atoms with Gasteiger partial charge in [0.2, 0.25) is 11.8 Å². The lowest BCUT2D eigenvalue weighted by Crippen LogP contribution is -2.46. The van der Waals surface area contributed by atoms with Gasteiger partial charge >= 0.3 is 0 Å². The quantitative estimate of drug-likeness (QED) is 0.458. The first kappa shape index (κ1) is 10.1. The van der Waals surface area contributed by atoms with Crippen LogP contribution in [0.15, 0.2) is 12.2 Å². The lowest BCUT2D eigenvalue weighted by molar-refractivity contribution is -0.146. The Morgan fingerprint density at radius 3 is 1.88 bits per heavy atom. The number of amides is 2. The molecular formula is C13H17NO2. The molecule has 86 valence electrons. The van der Waals surface area contributed by atoms with E-state index in [0.717, 1.165) is 6.42 Å². The lowest BCUT2D eigenvalue weighted by atomic mass is 9.85. The van der Waals surface area contributed by atoms with Crippen molar-refractivity contribution in [1.82, 2.24) is 4.90 Å². The minimum Gasteiger partial charge on any atom is -0.277 e. The number of imide groups is 1. The van der Waals surface area contributed by atoms with Gasteiger partial charge < -0.3 is 0 Å². The van der Waals surface area contributed by atoms with E-state index in [9.17, 15) is 9.59 Å². The third-order valence-corrected chi connectivity index (χ3v) is 4.14. The number of nitrogens with zero attached hydrogens (tertiary/aromatic N) is 1. The smallest absolute Gasteiger partial charge is 0.234 e. The number of hydrogen-bond donors (Lipinski definition) is 0. The van der Waals surface area contributed by atoms with Gasteiger partial charge in [-0.1, -0.05) is 12.2 Å². The number of carbonyl (C=O) groups is 2. The van der Waals surface area contributed by atoms with Crippen LogP contribution in [0.3, 0.4) is 0 Å². The van der Waals surface area contributed by atoms with Crippen LogP contribution in [0.5, 0.6) is 0 Å². The van der Waals surface area contributed by atoms with Crippen molar-refractivity contribution < 1.29 is 9.59 Å². The summed E-state index contributed by atoms with van der Waals surface area (Å²) in [6.07, 6.45) is 5.26. The van der Waals surface area contributed by atoms with Crippen LogP contribution in [0, 0.1) is 23.7 Å². The molecule has 0 aromatic heterocycles. The zero-order valence-electron chi connectivity index (χ0n) is 9.93. The first-order valence-corrected chi connectivity index (χ1v) is 5.97. The highest BCUT2D eigenvalue weighted by molar-refractivity contribution is 6.07. The predicted molar refractivity (Wildman–Crippen MR) is 59.3 cm³/mol. The molecule has 1 saturated heterocycles. The Labute approximate surface area is 95.5 Å². The molecule has 2 bridgehead atoms. The van der Waals surface area contributed by atoms with Gasteiger partial charge in [0.15, 0.2) is 0 Å². The molecule has 16 heavy (non-hydrogen) atoms. The molecule has 2 aliphatic carbocycles. The number of allylic oxidation sites excluding steroid dienone is 2. The topological polar surface area (TPSA) is 37.4 Å². The number of likely N-dealkylation sites (tertiary alicyclic amines) is 1. The fourth-order valence-corrected chi connectivity index (χ4v) is 3.56. The van der Waals surface area contributed by atoms with Gasteiger partial charge in [0.25, 0.3) is 0 Å².